The minimum absolute atomic E-state index is 0.0986. The molecule has 0 bridgehead atoms. The van der Waals surface area contributed by atoms with Crippen LogP contribution < -0.4 is 9.64 Å². The van der Waals surface area contributed by atoms with Crippen molar-refractivity contribution in [2.75, 3.05) is 23.8 Å². The van der Waals surface area contributed by atoms with Crippen molar-refractivity contribution >= 4 is 31.5 Å². The van der Waals surface area contributed by atoms with Gasteiger partial charge in [0.15, 0.2) is 8.38 Å². The predicted octanol–water partition coefficient (Wildman–Crippen LogP) is 8.76. The lowest BCUT2D eigenvalue weighted by molar-refractivity contribution is -0.139. The average Bonchev–Trinajstić information content (AvgIpc) is 3.05. The van der Waals surface area contributed by atoms with E-state index in [0.717, 1.165) is 31.2 Å². The molecule has 2 aliphatic rings. The van der Waals surface area contributed by atoms with Crippen LogP contribution >= 0.6 is 20.1 Å². The molecule has 1 saturated carbocycles. The molecule has 0 amide bonds. The molecule has 14 heteroatoms. The van der Waals surface area contributed by atoms with Gasteiger partial charge in [0.25, 0.3) is 0 Å². The van der Waals surface area contributed by atoms with E-state index in [1.807, 2.05) is 0 Å². The van der Waals surface area contributed by atoms with E-state index in [1.165, 1.54) is 28.8 Å². The number of thioether (sulfide) groups is 1. The Labute approximate surface area is 238 Å². The first-order chi connectivity index (χ1) is 19.0. The molecular formula is C27H30F8NO3PS. The minimum Gasteiger partial charge on any atom is -0.492 e. The van der Waals surface area contributed by atoms with Gasteiger partial charge in [0.05, 0.1) is 16.4 Å². The Hall–Kier alpha value is -1.82. The van der Waals surface area contributed by atoms with Gasteiger partial charge in [-0.05, 0) is 68.5 Å². The number of hydrogen-bond donors (Lipinski definition) is 2. The summed E-state index contributed by atoms with van der Waals surface area (Å²) < 4.78 is 117. The van der Waals surface area contributed by atoms with Gasteiger partial charge in [0, 0.05) is 42.1 Å². The second-order valence-electron chi connectivity index (χ2n) is 10.8. The summed E-state index contributed by atoms with van der Waals surface area (Å²) in [7, 11) is -2.80. The average molecular weight is 632 g/mol. The topological polar surface area (TPSA) is 52.9 Å². The van der Waals surface area contributed by atoms with E-state index in [2.05, 4.69) is 0 Å². The third-order valence-electron chi connectivity index (χ3n) is 7.54. The highest BCUT2D eigenvalue weighted by Gasteiger charge is 2.49. The number of anilines is 2. The van der Waals surface area contributed by atoms with Crippen molar-refractivity contribution in [3.8, 4) is 5.75 Å². The van der Waals surface area contributed by atoms with Crippen LogP contribution in [0.15, 0.2) is 41.3 Å². The molecule has 0 radical (unpaired) electrons. The molecule has 1 aliphatic heterocycles. The maximum absolute atomic E-state index is 14.3. The first-order valence-corrected chi connectivity index (χ1v) is 15.2. The van der Waals surface area contributed by atoms with Gasteiger partial charge in [-0.3, -0.25) is 0 Å². The highest BCUT2D eigenvalue weighted by molar-refractivity contribution is 7.99. The molecule has 2 aromatic carbocycles. The van der Waals surface area contributed by atoms with Crippen molar-refractivity contribution in [2.45, 2.75) is 73.5 Å². The van der Waals surface area contributed by atoms with Gasteiger partial charge in [-0.1, -0.05) is 0 Å². The fraction of sp³-hybridized carbons (Fsp3) is 0.556. The number of ether oxygens (including phenoxy) is 1. The predicted molar refractivity (Wildman–Crippen MR) is 142 cm³/mol. The molecule has 4 rings (SSSR count). The van der Waals surface area contributed by atoms with Crippen molar-refractivity contribution in [1.82, 2.24) is 0 Å². The molecule has 0 spiro atoms. The maximum atomic E-state index is 14.3. The number of benzene rings is 2. The van der Waals surface area contributed by atoms with E-state index in [1.54, 1.807) is 0 Å². The Kier molecular flexibility index (Phi) is 9.43. The van der Waals surface area contributed by atoms with Crippen LogP contribution in [0.1, 0.15) is 51.0 Å². The Morgan fingerprint density at radius 1 is 1.02 bits per heavy atom. The van der Waals surface area contributed by atoms with Crippen LogP contribution in [0.2, 0.25) is 0 Å². The van der Waals surface area contributed by atoms with Gasteiger partial charge in [-0.25, -0.2) is 22.0 Å². The van der Waals surface area contributed by atoms with Crippen molar-refractivity contribution in [2.24, 2.45) is 5.92 Å². The smallest absolute Gasteiger partial charge is 0.420 e. The van der Waals surface area contributed by atoms with Crippen LogP contribution in [-0.4, -0.2) is 45.7 Å². The molecule has 2 aromatic rings. The minimum atomic E-state index is -4.91. The van der Waals surface area contributed by atoms with Crippen LogP contribution in [0.5, 0.6) is 5.75 Å². The molecule has 0 unspecified atom stereocenters. The molecule has 228 valence electrons. The van der Waals surface area contributed by atoms with E-state index in [0.29, 0.717) is 16.3 Å². The fourth-order valence-corrected chi connectivity index (χ4v) is 7.03. The summed E-state index contributed by atoms with van der Waals surface area (Å²) in [6.45, 7) is 0.299. The number of halogens is 8. The van der Waals surface area contributed by atoms with E-state index >= 15 is 0 Å². The summed E-state index contributed by atoms with van der Waals surface area (Å²) in [5, 5.41) is -1.52. The highest BCUT2D eigenvalue weighted by Crippen LogP contribution is 2.55. The van der Waals surface area contributed by atoms with E-state index in [9.17, 15) is 44.9 Å². The molecule has 0 saturated heterocycles. The van der Waals surface area contributed by atoms with Crippen molar-refractivity contribution < 1.29 is 49.6 Å². The molecule has 2 N–H and O–H groups in total. The Morgan fingerprint density at radius 3 is 2.22 bits per heavy atom. The second-order valence-corrected chi connectivity index (χ2v) is 13.4. The number of rotatable bonds is 8. The van der Waals surface area contributed by atoms with Gasteiger partial charge in [0.1, 0.15) is 18.2 Å². The molecule has 1 heterocycles. The summed E-state index contributed by atoms with van der Waals surface area (Å²) in [4.78, 5) is 22.0. The van der Waals surface area contributed by atoms with E-state index in [4.69, 9.17) is 4.74 Å². The maximum Gasteiger partial charge on any atom is 0.420 e. The zero-order valence-electron chi connectivity index (χ0n) is 22.0. The first-order valence-electron chi connectivity index (χ1n) is 13.0. The molecule has 41 heavy (non-hydrogen) atoms. The normalized spacial score (nSPS) is 21.0. The second kappa shape index (κ2) is 12.1. The third kappa shape index (κ3) is 7.97. The molecule has 1 atom stereocenters. The number of fused-ring (bicyclic) bond motifs is 1. The largest absolute Gasteiger partial charge is 0.492 e. The van der Waals surface area contributed by atoms with E-state index < -0.39 is 74.6 Å². The van der Waals surface area contributed by atoms with Crippen LogP contribution in [0.3, 0.4) is 0 Å². The van der Waals surface area contributed by atoms with Crippen molar-refractivity contribution in [1.29, 1.82) is 0 Å². The Morgan fingerprint density at radius 2 is 1.66 bits per heavy atom. The van der Waals surface area contributed by atoms with Crippen LogP contribution in [0.4, 0.5) is 46.5 Å². The Bertz CT molecular complexity index is 1200. The SMILES string of the molecule is CC(F)(F)CC[C@H]1CSc2cc(OCC3(P(O)O)CCC(F)(F)CC3)c(C(F)(F)F)cc2N(c2ccc(F)cc2)C1. The van der Waals surface area contributed by atoms with Gasteiger partial charge in [-0.15, -0.1) is 11.8 Å². The van der Waals surface area contributed by atoms with Gasteiger partial charge in [-0.2, -0.15) is 13.2 Å². The zero-order chi connectivity index (χ0) is 30.2. The van der Waals surface area contributed by atoms with Crippen LogP contribution in [-0.2, 0) is 6.18 Å². The van der Waals surface area contributed by atoms with Gasteiger partial charge < -0.3 is 19.4 Å². The number of alkyl halides is 7. The summed E-state index contributed by atoms with van der Waals surface area (Å²) in [5.41, 5.74) is -0.664. The molecular weight excluding hydrogens is 601 g/mol. The third-order valence-corrected chi connectivity index (χ3v) is 10.2. The monoisotopic (exact) mass is 631 g/mol. The van der Waals surface area contributed by atoms with Crippen molar-refractivity contribution in [3.05, 3.63) is 47.8 Å². The molecule has 4 nitrogen and oxygen atoms in total. The lowest BCUT2D eigenvalue weighted by Crippen LogP contribution is -2.41. The summed E-state index contributed by atoms with van der Waals surface area (Å²) in [6, 6.07) is 7.13. The van der Waals surface area contributed by atoms with Gasteiger partial charge >= 0.3 is 6.18 Å². The van der Waals surface area contributed by atoms with Crippen LogP contribution in [0.25, 0.3) is 0 Å². The fourth-order valence-electron chi connectivity index (χ4n) is 5.03. The number of nitrogens with zero attached hydrogens (tertiary/aromatic N) is 1. The summed E-state index contributed by atoms with van der Waals surface area (Å²) in [6.07, 6.45) is -7.18. The van der Waals surface area contributed by atoms with Crippen LogP contribution in [0, 0.1) is 11.7 Å². The Balaban J connectivity index is 1.71. The zero-order valence-corrected chi connectivity index (χ0v) is 23.7. The standard InChI is InChI=1S/C27H30F8NO3PS/c1-24(29,30)7-6-17-14-36(19-4-2-18(28)3-5-19)21-12-20(27(33,34)35)22(13-23(21)41-15-17)39-16-25(40(37)38)8-10-26(31,32)11-9-25/h2-5,12-13,17,37-38H,6-11,14-16H2,1H3/t17-/m1/s1. The molecule has 0 aromatic heterocycles. The quantitative estimate of drug-likeness (QED) is 0.225. The molecule has 1 fully saturated rings. The summed E-state index contributed by atoms with van der Waals surface area (Å²) >= 11 is 1.17. The van der Waals surface area contributed by atoms with E-state index in [-0.39, 0.29) is 37.4 Å². The van der Waals surface area contributed by atoms with Gasteiger partial charge in [0.2, 0.25) is 11.8 Å². The first kappa shape index (κ1) is 32.1. The highest BCUT2D eigenvalue weighted by atomic mass is 32.2. The lowest BCUT2D eigenvalue weighted by atomic mass is 9.86. The number of hydrogen-bond acceptors (Lipinski definition) is 5. The molecule has 1 aliphatic carbocycles. The summed E-state index contributed by atoms with van der Waals surface area (Å²) in [5.74, 6) is -7.12. The van der Waals surface area contributed by atoms with Crippen molar-refractivity contribution in [3.63, 3.8) is 0 Å². The lowest BCUT2D eigenvalue weighted by Gasteiger charge is -2.40.